The molecule has 0 aliphatic heterocycles. The summed E-state index contributed by atoms with van der Waals surface area (Å²) in [7, 11) is 1.90. The number of benzene rings is 1. The molecule has 2 aromatic rings. The van der Waals surface area contributed by atoms with E-state index < -0.39 is 0 Å². The van der Waals surface area contributed by atoms with Crippen LogP contribution in [0.25, 0.3) is 10.6 Å². The first-order chi connectivity index (χ1) is 9.75. The summed E-state index contributed by atoms with van der Waals surface area (Å²) in [6, 6.07) is 10.4. The van der Waals surface area contributed by atoms with Crippen LogP contribution in [0.2, 0.25) is 0 Å². The Morgan fingerprint density at radius 1 is 1.25 bits per heavy atom. The Balaban J connectivity index is 1.78. The number of nitrogens with zero attached hydrogens (tertiary/aromatic N) is 2. The van der Waals surface area contributed by atoms with Gasteiger partial charge in [0.1, 0.15) is 10.7 Å². The molecule has 1 aromatic carbocycles. The predicted octanol–water partition coefficient (Wildman–Crippen LogP) is 3.82. The Morgan fingerprint density at radius 2 is 1.95 bits per heavy atom. The standard InChI is InChI=1S/C16H18N2OS/c1-18(13-9-5-6-10-13)16(19)14-11-20-15(17-14)12-7-3-2-4-8-12/h2-4,7-8,11,13H,5-6,9-10H2,1H3. The molecule has 1 aliphatic carbocycles. The van der Waals surface area contributed by atoms with Gasteiger partial charge in [0.05, 0.1) is 0 Å². The topological polar surface area (TPSA) is 33.2 Å². The second kappa shape index (κ2) is 5.75. The van der Waals surface area contributed by atoms with Crippen molar-refractivity contribution < 1.29 is 4.79 Å². The second-order valence-corrected chi connectivity index (χ2v) is 6.12. The molecule has 4 heteroatoms. The molecule has 104 valence electrons. The van der Waals surface area contributed by atoms with Gasteiger partial charge in [0, 0.05) is 24.0 Å². The smallest absolute Gasteiger partial charge is 0.273 e. The van der Waals surface area contributed by atoms with Crippen LogP contribution < -0.4 is 0 Å². The molecule has 0 atom stereocenters. The van der Waals surface area contributed by atoms with Crippen molar-refractivity contribution in [3.63, 3.8) is 0 Å². The number of hydrogen-bond donors (Lipinski definition) is 0. The zero-order valence-electron chi connectivity index (χ0n) is 11.6. The van der Waals surface area contributed by atoms with Gasteiger partial charge in [0.2, 0.25) is 0 Å². The van der Waals surface area contributed by atoms with E-state index in [1.807, 2.05) is 47.7 Å². The van der Waals surface area contributed by atoms with Gasteiger partial charge in [0.15, 0.2) is 0 Å². The first kappa shape index (κ1) is 13.3. The maximum atomic E-state index is 12.4. The van der Waals surface area contributed by atoms with Crippen molar-refractivity contribution in [1.82, 2.24) is 9.88 Å². The van der Waals surface area contributed by atoms with Gasteiger partial charge in [-0.15, -0.1) is 11.3 Å². The zero-order chi connectivity index (χ0) is 13.9. The van der Waals surface area contributed by atoms with Crippen molar-refractivity contribution in [3.05, 3.63) is 41.4 Å². The van der Waals surface area contributed by atoms with Crippen LogP contribution in [0.1, 0.15) is 36.2 Å². The predicted molar refractivity (Wildman–Crippen MR) is 81.9 cm³/mol. The summed E-state index contributed by atoms with van der Waals surface area (Å²) in [6.45, 7) is 0. The minimum atomic E-state index is 0.0512. The molecule has 3 rings (SSSR count). The van der Waals surface area contributed by atoms with Crippen LogP contribution in [0.5, 0.6) is 0 Å². The van der Waals surface area contributed by atoms with Gasteiger partial charge in [-0.05, 0) is 12.8 Å². The van der Waals surface area contributed by atoms with Crippen molar-refractivity contribution in [2.75, 3.05) is 7.05 Å². The van der Waals surface area contributed by atoms with Gasteiger partial charge < -0.3 is 4.90 Å². The average molecular weight is 286 g/mol. The Kier molecular flexibility index (Phi) is 3.83. The fraction of sp³-hybridized carbons (Fsp3) is 0.375. The lowest BCUT2D eigenvalue weighted by atomic mass is 10.2. The van der Waals surface area contributed by atoms with Gasteiger partial charge >= 0.3 is 0 Å². The summed E-state index contributed by atoms with van der Waals surface area (Å²) < 4.78 is 0. The van der Waals surface area contributed by atoms with E-state index in [0.717, 1.165) is 23.4 Å². The monoisotopic (exact) mass is 286 g/mol. The highest BCUT2D eigenvalue weighted by molar-refractivity contribution is 7.13. The minimum absolute atomic E-state index is 0.0512. The van der Waals surface area contributed by atoms with Crippen LogP contribution in [0.4, 0.5) is 0 Å². The lowest BCUT2D eigenvalue weighted by molar-refractivity contribution is 0.0730. The third kappa shape index (κ3) is 2.61. The normalized spacial score (nSPS) is 15.4. The van der Waals surface area contributed by atoms with E-state index in [9.17, 15) is 4.79 Å². The van der Waals surface area contributed by atoms with Gasteiger partial charge in [-0.1, -0.05) is 43.2 Å². The van der Waals surface area contributed by atoms with Crippen molar-refractivity contribution in [2.45, 2.75) is 31.7 Å². The number of carbonyl (C=O) groups is 1. The number of aromatic nitrogens is 1. The average Bonchev–Trinajstić information content (AvgIpc) is 3.18. The van der Waals surface area contributed by atoms with Crippen LogP contribution in [0.15, 0.2) is 35.7 Å². The van der Waals surface area contributed by atoms with Gasteiger partial charge in [-0.3, -0.25) is 4.79 Å². The molecule has 1 fully saturated rings. The largest absolute Gasteiger partial charge is 0.337 e. The number of amides is 1. The molecule has 1 aromatic heterocycles. The van der Waals surface area contributed by atoms with E-state index in [-0.39, 0.29) is 5.91 Å². The van der Waals surface area contributed by atoms with Gasteiger partial charge in [-0.2, -0.15) is 0 Å². The van der Waals surface area contributed by atoms with Crippen molar-refractivity contribution in [2.24, 2.45) is 0 Å². The van der Waals surface area contributed by atoms with E-state index in [4.69, 9.17) is 0 Å². The summed E-state index contributed by atoms with van der Waals surface area (Å²) in [5.74, 6) is 0.0512. The van der Waals surface area contributed by atoms with Crippen molar-refractivity contribution >= 4 is 17.2 Å². The molecular weight excluding hydrogens is 268 g/mol. The molecule has 20 heavy (non-hydrogen) atoms. The SMILES string of the molecule is CN(C(=O)c1csc(-c2ccccc2)n1)C1CCCC1. The third-order valence-electron chi connectivity index (χ3n) is 3.94. The van der Waals surface area contributed by atoms with Crippen LogP contribution in [-0.4, -0.2) is 28.9 Å². The van der Waals surface area contributed by atoms with Crippen molar-refractivity contribution in [3.8, 4) is 10.6 Å². The first-order valence-electron chi connectivity index (χ1n) is 7.04. The summed E-state index contributed by atoms with van der Waals surface area (Å²) in [5, 5.41) is 2.78. The Morgan fingerprint density at radius 3 is 2.65 bits per heavy atom. The molecule has 1 aliphatic rings. The van der Waals surface area contributed by atoms with Crippen LogP contribution in [-0.2, 0) is 0 Å². The molecule has 0 spiro atoms. The molecule has 1 heterocycles. The summed E-state index contributed by atoms with van der Waals surface area (Å²) in [5.41, 5.74) is 1.64. The van der Waals surface area contributed by atoms with E-state index in [2.05, 4.69) is 4.98 Å². The third-order valence-corrected chi connectivity index (χ3v) is 4.83. The van der Waals surface area contributed by atoms with E-state index in [1.165, 1.54) is 24.2 Å². The molecule has 0 bridgehead atoms. The van der Waals surface area contributed by atoms with E-state index >= 15 is 0 Å². The summed E-state index contributed by atoms with van der Waals surface area (Å²) in [4.78, 5) is 18.8. The molecular formula is C16H18N2OS. The fourth-order valence-corrected chi connectivity index (χ4v) is 3.52. The zero-order valence-corrected chi connectivity index (χ0v) is 12.4. The van der Waals surface area contributed by atoms with E-state index in [1.54, 1.807) is 0 Å². The first-order valence-corrected chi connectivity index (χ1v) is 7.92. The summed E-state index contributed by atoms with van der Waals surface area (Å²) >= 11 is 1.53. The second-order valence-electron chi connectivity index (χ2n) is 5.26. The molecule has 3 nitrogen and oxygen atoms in total. The lowest BCUT2D eigenvalue weighted by Gasteiger charge is -2.23. The van der Waals surface area contributed by atoms with Crippen LogP contribution >= 0.6 is 11.3 Å². The molecule has 0 radical (unpaired) electrons. The highest BCUT2D eigenvalue weighted by Gasteiger charge is 2.25. The lowest BCUT2D eigenvalue weighted by Crippen LogP contribution is -2.35. The number of rotatable bonds is 3. The maximum absolute atomic E-state index is 12.4. The molecule has 1 saturated carbocycles. The molecule has 0 unspecified atom stereocenters. The Hall–Kier alpha value is -1.68. The number of thiazole rings is 1. The molecule has 0 saturated heterocycles. The van der Waals surface area contributed by atoms with E-state index in [0.29, 0.717) is 11.7 Å². The van der Waals surface area contributed by atoms with Gasteiger partial charge in [0.25, 0.3) is 5.91 Å². The highest BCUT2D eigenvalue weighted by atomic mass is 32.1. The molecule has 1 amide bonds. The highest BCUT2D eigenvalue weighted by Crippen LogP contribution is 2.26. The van der Waals surface area contributed by atoms with Gasteiger partial charge in [-0.25, -0.2) is 4.98 Å². The fourth-order valence-electron chi connectivity index (χ4n) is 2.72. The quantitative estimate of drug-likeness (QED) is 0.859. The Labute approximate surface area is 123 Å². The molecule has 0 N–H and O–H groups in total. The van der Waals surface area contributed by atoms with Crippen LogP contribution in [0, 0.1) is 0 Å². The van der Waals surface area contributed by atoms with Crippen molar-refractivity contribution in [1.29, 1.82) is 0 Å². The maximum Gasteiger partial charge on any atom is 0.273 e. The summed E-state index contributed by atoms with van der Waals surface area (Å²) in [6.07, 6.45) is 4.71. The van der Waals surface area contributed by atoms with Crippen LogP contribution in [0.3, 0.4) is 0 Å². The number of carbonyl (C=O) groups excluding carboxylic acids is 1. The Bertz CT molecular complexity index is 588. The minimum Gasteiger partial charge on any atom is -0.337 e. The number of hydrogen-bond acceptors (Lipinski definition) is 3.